The Morgan fingerprint density at radius 3 is 2.73 bits per heavy atom. The standard InChI is InChI=1S/C14H15N/c1-3-7-12-10(4-2)11-8-5-6-9-13(11)14(12)15/h3-9,14H,2,15H2,1H3/b7-3-. The molecule has 0 aromatic heterocycles. The van der Waals surface area contributed by atoms with Crippen LogP contribution in [-0.4, -0.2) is 0 Å². The molecule has 0 bridgehead atoms. The largest absolute Gasteiger partial charge is 0.320 e. The first kappa shape index (κ1) is 9.94. The van der Waals surface area contributed by atoms with Gasteiger partial charge in [0.2, 0.25) is 0 Å². The molecule has 1 nitrogen and oxygen atoms in total. The number of rotatable bonds is 2. The summed E-state index contributed by atoms with van der Waals surface area (Å²) in [5.74, 6) is 0. The van der Waals surface area contributed by atoms with Crippen LogP contribution in [0.5, 0.6) is 0 Å². The molecule has 0 heterocycles. The van der Waals surface area contributed by atoms with Gasteiger partial charge in [-0.15, -0.1) is 0 Å². The summed E-state index contributed by atoms with van der Waals surface area (Å²) in [7, 11) is 0. The number of allylic oxidation sites excluding steroid dienone is 3. The molecule has 1 unspecified atom stereocenters. The van der Waals surface area contributed by atoms with Crippen LogP contribution in [0.4, 0.5) is 0 Å². The normalized spacial score (nSPS) is 19.7. The SMILES string of the molecule is C=CC1=C(/C=C\C)C(N)c2ccccc21. The molecule has 1 aliphatic carbocycles. The van der Waals surface area contributed by atoms with Crippen molar-refractivity contribution in [1.82, 2.24) is 0 Å². The quantitative estimate of drug-likeness (QED) is 0.774. The molecule has 2 rings (SSSR count). The lowest BCUT2D eigenvalue weighted by Gasteiger charge is -2.06. The highest BCUT2D eigenvalue weighted by Gasteiger charge is 2.24. The van der Waals surface area contributed by atoms with Crippen molar-refractivity contribution in [2.75, 3.05) is 0 Å². The van der Waals surface area contributed by atoms with E-state index in [0.29, 0.717) is 0 Å². The summed E-state index contributed by atoms with van der Waals surface area (Å²) in [6.45, 7) is 5.86. The Balaban J connectivity index is 2.63. The van der Waals surface area contributed by atoms with Gasteiger partial charge in [0.05, 0.1) is 6.04 Å². The number of fused-ring (bicyclic) bond motifs is 1. The van der Waals surface area contributed by atoms with Crippen LogP contribution in [0.25, 0.3) is 5.57 Å². The molecule has 15 heavy (non-hydrogen) atoms. The lowest BCUT2D eigenvalue weighted by Crippen LogP contribution is -2.08. The number of benzene rings is 1. The lowest BCUT2D eigenvalue weighted by atomic mass is 10.0. The molecule has 0 amide bonds. The van der Waals surface area contributed by atoms with E-state index in [1.54, 1.807) is 0 Å². The van der Waals surface area contributed by atoms with Gasteiger partial charge in [0, 0.05) is 0 Å². The topological polar surface area (TPSA) is 26.0 Å². The molecule has 2 N–H and O–H groups in total. The van der Waals surface area contributed by atoms with Crippen LogP contribution in [0.2, 0.25) is 0 Å². The predicted molar refractivity (Wildman–Crippen MR) is 65.3 cm³/mol. The van der Waals surface area contributed by atoms with Crippen molar-refractivity contribution in [2.24, 2.45) is 5.73 Å². The Labute approximate surface area is 90.6 Å². The molecule has 0 radical (unpaired) electrons. The van der Waals surface area contributed by atoms with Gasteiger partial charge >= 0.3 is 0 Å². The van der Waals surface area contributed by atoms with Crippen LogP contribution in [0, 0.1) is 0 Å². The first-order valence-corrected chi connectivity index (χ1v) is 5.13. The first-order valence-electron chi connectivity index (χ1n) is 5.13. The Hall–Kier alpha value is -1.60. The predicted octanol–water partition coefficient (Wildman–Crippen LogP) is 3.22. The number of nitrogens with two attached hydrogens (primary N) is 1. The number of hydrogen-bond donors (Lipinski definition) is 1. The van der Waals surface area contributed by atoms with Crippen molar-refractivity contribution in [3.8, 4) is 0 Å². The van der Waals surface area contributed by atoms with Crippen LogP contribution < -0.4 is 5.73 Å². The van der Waals surface area contributed by atoms with Crippen molar-refractivity contribution in [3.63, 3.8) is 0 Å². The highest BCUT2D eigenvalue weighted by molar-refractivity contribution is 5.85. The maximum Gasteiger partial charge on any atom is 0.0563 e. The van der Waals surface area contributed by atoms with E-state index in [-0.39, 0.29) is 6.04 Å². The van der Waals surface area contributed by atoms with Crippen molar-refractivity contribution >= 4 is 5.57 Å². The highest BCUT2D eigenvalue weighted by atomic mass is 14.7. The van der Waals surface area contributed by atoms with E-state index in [0.717, 1.165) is 11.1 Å². The average molecular weight is 197 g/mol. The van der Waals surface area contributed by atoms with Gasteiger partial charge in [-0.3, -0.25) is 0 Å². The first-order chi connectivity index (χ1) is 7.29. The van der Waals surface area contributed by atoms with Gasteiger partial charge in [-0.25, -0.2) is 0 Å². The average Bonchev–Trinajstić information content (AvgIpc) is 2.54. The zero-order valence-electron chi connectivity index (χ0n) is 8.90. The van der Waals surface area contributed by atoms with Crippen molar-refractivity contribution in [2.45, 2.75) is 13.0 Å². The minimum absolute atomic E-state index is 0.00889. The molecule has 76 valence electrons. The summed E-state index contributed by atoms with van der Waals surface area (Å²) >= 11 is 0. The van der Waals surface area contributed by atoms with Crippen LogP contribution in [0.15, 0.2) is 54.6 Å². The summed E-state index contributed by atoms with van der Waals surface area (Å²) in [5, 5.41) is 0. The van der Waals surface area contributed by atoms with Crippen LogP contribution in [-0.2, 0) is 0 Å². The molecule has 0 saturated heterocycles. The van der Waals surface area contributed by atoms with Crippen molar-refractivity contribution < 1.29 is 0 Å². The van der Waals surface area contributed by atoms with E-state index < -0.39 is 0 Å². The van der Waals surface area contributed by atoms with E-state index in [4.69, 9.17) is 5.73 Å². The van der Waals surface area contributed by atoms with Crippen LogP contribution in [0.1, 0.15) is 24.1 Å². The maximum absolute atomic E-state index is 6.19. The van der Waals surface area contributed by atoms with E-state index in [9.17, 15) is 0 Å². The molecule has 1 heteroatoms. The lowest BCUT2D eigenvalue weighted by molar-refractivity contribution is 0.892. The molecule has 0 fully saturated rings. The van der Waals surface area contributed by atoms with Crippen LogP contribution in [0.3, 0.4) is 0 Å². The monoisotopic (exact) mass is 197 g/mol. The fourth-order valence-corrected chi connectivity index (χ4v) is 2.10. The second-order valence-corrected chi connectivity index (χ2v) is 3.64. The molecule has 0 aliphatic heterocycles. The van der Waals surface area contributed by atoms with Gasteiger partial charge in [0.15, 0.2) is 0 Å². The minimum Gasteiger partial charge on any atom is -0.320 e. The second-order valence-electron chi connectivity index (χ2n) is 3.64. The van der Waals surface area contributed by atoms with Gasteiger partial charge < -0.3 is 5.73 Å². The summed E-state index contributed by atoms with van der Waals surface area (Å²) in [6.07, 6.45) is 5.98. The molecule has 1 aromatic rings. The third-order valence-electron chi connectivity index (χ3n) is 2.78. The maximum atomic E-state index is 6.19. The van der Waals surface area contributed by atoms with E-state index in [1.165, 1.54) is 11.1 Å². The third-order valence-corrected chi connectivity index (χ3v) is 2.78. The van der Waals surface area contributed by atoms with Gasteiger partial charge in [0.1, 0.15) is 0 Å². The van der Waals surface area contributed by atoms with Gasteiger partial charge in [-0.1, -0.05) is 49.1 Å². The smallest absolute Gasteiger partial charge is 0.0563 e. The molecule has 0 spiro atoms. The third kappa shape index (κ3) is 1.45. The van der Waals surface area contributed by atoms with Crippen LogP contribution >= 0.6 is 0 Å². The molecular weight excluding hydrogens is 182 g/mol. The number of hydrogen-bond acceptors (Lipinski definition) is 1. The Bertz CT molecular complexity index is 452. The summed E-state index contributed by atoms with van der Waals surface area (Å²) in [5.41, 5.74) is 10.9. The highest BCUT2D eigenvalue weighted by Crippen LogP contribution is 2.39. The Kier molecular flexibility index (Phi) is 2.57. The van der Waals surface area contributed by atoms with Crippen molar-refractivity contribution in [1.29, 1.82) is 0 Å². The summed E-state index contributed by atoms with van der Waals surface area (Å²) < 4.78 is 0. The van der Waals surface area contributed by atoms with E-state index in [1.807, 2.05) is 31.2 Å². The summed E-state index contributed by atoms with van der Waals surface area (Å²) in [6, 6.07) is 8.24. The summed E-state index contributed by atoms with van der Waals surface area (Å²) in [4.78, 5) is 0. The van der Waals surface area contributed by atoms with Gasteiger partial charge in [-0.2, -0.15) is 0 Å². The molecule has 1 atom stereocenters. The van der Waals surface area contributed by atoms with Gasteiger partial charge in [-0.05, 0) is 29.2 Å². The molecule has 1 aliphatic rings. The van der Waals surface area contributed by atoms with Gasteiger partial charge in [0.25, 0.3) is 0 Å². The molecular formula is C14H15N. The molecule has 1 aromatic carbocycles. The fourth-order valence-electron chi connectivity index (χ4n) is 2.10. The fraction of sp³-hybridized carbons (Fsp3) is 0.143. The zero-order chi connectivity index (χ0) is 10.8. The Morgan fingerprint density at radius 2 is 2.07 bits per heavy atom. The molecule has 0 saturated carbocycles. The zero-order valence-corrected chi connectivity index (χ0v) is 8.90. The second kappa shape index (κ2) is 3.87. The van der Waals surface area contributed by atoms with Crippen molar-refractivity contribution in [3.05, 3.63) is 65.8 Å². The Morgan fingerprint density at radius 1 is 1.33 bits per heavy atom. The minimum atomic E-state index is -0.00889. The van der Waals surface area contributed by atoms with E-state index in [2.05, 4.69) is 24.8 Å². The van der Waals surface area contributed by atoms with E-state index >= 15 is 0 Å².